The standard InChI is InChI=1S/C32H43N9O2S/c42-29(36-31-39-38-30(44-31)35-24-10-17-41(21-24)28-7-3-16-34-37-28)20-23-8-11-32(12-9-23)13-18-40(19-14-32)22-26-27(6-2-15-33-26)43-25-4-1-5-25/h2-3,6-7,15-16,23-25H,1,4-5,8-14,17-22H2,(H,35,38)(H,36,39,42)/t24-/m1/s1. The maximum atomic E-state index is 12.9. The third kappa shape index (κ3) is 7.12. The molecule has 4 aliphatic rings. The van der Waals surface area contributed by atoms with E-state index in [2.05, 4.69) is 51.9 Å². The van der Waals surface area contributed by atoms with Gasteiger partial charge >= 0.3 is 0 Å². The summed E-state index contributed by atoms with van der Waals surface area (Å²) in [6.45, 7) is 4.84. The average molecular weight is 618 g/mol. The van der Waals surface area contributed by atoms with Crippen molar-refractivity contribution < 1.29 is 9.53 Å². The van der Waals surface area contributed by atoms with Crippen molar-refractivity contribution in [1.29, 1.82) is 0 Å². The number of carbonyl (C=O) groups excluding carboxylic acids is 1. The summed E-state index contributed by atoms with van der Waals surface area (Å²) in [6, 6.07) is 8.21. The number of nitrogens with one attached hydrogen (secondary N) is 2. The molecule has 2 saturated heterocycles. The van der Waals surface area contributed by atoms with Crippen LogP contribution in [0, 0.1) is 11.3 Å². The SMILES string of the molecule is O=C(CC1CCC2(CC1)CCN(Cc1ncccc1OC1CCC1)CC2)Nc1nnc(N[C@@H]2CCN(c3cccnn3)C2)s1. The molecule has 0 bridgehead atoms. The van der Waals surface area contributed by atoms with Crippen LogP contribution in [0.1, 0.15) is 76.3 Å². The first-order valence-corrected chi connectivity index (χ1v) is 17.2. The van der Waals surface area contributed by atoms with Gasteiger partial charge in [0, 0.05) is 44.5 Å². The highest BCUT2D eigenvalue weighted by Gasteiger charge is 2.38. The number of aromatic nitrogens is 5. The molecular formula is C32H43N9O2S. The highest BCUT2D eigenvalue weighted by Crippen LogP contribution is 2.47. The lowest BCUT2D eigenvalue weighted by Crippen LogP contribution is -2.42. The van der Waals surface area contributed by atoms with Crippen molar-refractivity contribution in [1.82, 2.24) is 30.3 Å². The number of likely N-dealkylation sites (tertiary alicyclic amines) is 1. The fourth-order valence-electron chi connectivity index (χ4n) is 7.20. The zero-order valence-electron chi connectivity index (χ0n) is 25.4. The fourth-order valence-corrected chi connectivity index (χ4v) is 7.93. The number of carbonyl (C=O) groups is 1. The van der Waals surface area contributed by atoms with Crippen LogP contribution in [-0.4, -0.2) is 74.5 Å². The van der Waals surface area contributed by atoms with Crippen molar-refractivity contribution in [2.75, 3.05) is 41.7 Å². The molecule has 4 fully saturated rings. The lowest BCUT2D eigenvalue weighted by molar-refractivity contribution is -0.117. The number of pyridine rings is 1. The molecule has 2 saturated carbocycles. The van der Waals surface area contributed by atoms with Crippen LogP contribution in [0.15, 0.2) is 36.7 Å². The van der Waals surface area contributed by atoms with Crippen LogP contribution in [0.4, 0.5) is 16.1 Å². The van der Waals surface area contributed by atoms with E-state index in [1.807, 2.05) is 24.4 Å². The molecule has 2 aliphatic heterocycles. The largest absolute Gasteiger partial charge is 0.488 e. The van der Waals surface area contributed by atoms with E-state index in [9.17, 15) is 4.79 Å². The molecule has 234 valence electrons. The Bertz CT molecular complexity index is 1380. The molecular weight excluding hydrogens is 574 g/mol. The molecule has 12 heteroatoms. The Balaban J connectivity index is 0.821. The molecule has 3 aromatic rings. The Morgan fingerprint density at radius 2 is 1.77 bits per heavy atom. The van der Waals surface area contributed by atoms with Crippen molar-refractivity contribution in [3.05, 3.63) is 42.4 Å². The van der Waals surface area contributed by atoms with Gasteiger partial charge in [-0.1, -0.05) is 11.3 Å². The summed E-state index contributed by atoms with van der Waals surface area (Å²) in [6.07, 6.45) is 16.2. The van der Waals surface area contributed by atoms with E-state index < -0.39 is 0 Å². The Morgan fingerprint density at radius 1 is 0.955 bits per heavy atom. The molecule has 2 N–H and O–H groups in total. The highest BCUT2D eigenvalue weighted by molar-refractivity contribution is 7.19. The second-order valence-electron chi connectivity index (χ2n) is 13.2. The van der Waals surface area contributed by atoms with Gasteiger partial charge in [-0.05, 0) is 113 Å². The van der Waals surface area contributed by atoms with Crippen LogP contribution >= 0.6 is 11.3 Å². The molecule has 2 aliphatic carbocycles. The van der Waals surface area contributed by atoms with Crippen molar-refractivity contribution in [3.63, 3.8) is 0 Å². The first kappa shape index (κ1) is 29.3. The van der Waals surface area contributed by atoms with Gasteiger partial charge in [-0.2, -0.15) is 5.10 Å². The van der Waals surface area contributed by atoms with Gasteiger partial charge in [-0.25, -0.2) is 0 Å². The highest BCUT2D eigenvalue weighted by atomic mass is 32.1. The molecule has 44 heavy (non-hydrogen) atoms. The van der Waals surface area contributed by atoms with Crippen molar-refractivity contribution in [2.24, 2.45) is 11.3 Å². The number of nitrogens with zero attached hydrogens (tertiary/aromatic N) is 7. The lowest BCUT2D eigenvalue weighted by atomic mass is 9.65. The average Bonchev–Trinajstić information content (AvgIpc) is 3.68. The summed E-state index contributed by atoms with van der Waals surface area (Å²) < 4.78 is 6.22. The first-order valence-electron chi connectivity index (χ1n) is 16.3. The van der Waals surface area contributed by atoms with Crippen LogP contribution in [0.3, 0.4) is 0 Å². The smallest absolute Gasteiger partial charge is 0.226 e. The summed E-state index contributed by atoms with van der Waals surface area (Å²) in [5, 5.41) is 24.5. The summed E-state index contributed by atoms with van der Waals surface area (Å²) in [7, 11) is 0. The molecule has 0 aromatic carbocycles. The van der Waals surface area contributed by atoms with Gasteiger partial charge in [0.15, 0.2) is 5.82 Å². The maximum Gasteiger partial charge on any atom is 0.226 e. The minimum absolute atomic E-state index is 0.0495. The number of piperidine rings is 1. The predicted octanol–water partition coefficient (Wildman–Crippen LogP) is 5.15. The van der Waals surface area contributed by atoms with Gasteiger partial charge in [0.2, 0.25) is 16.2 Å². The second-order valence-corrected chi connectivity index (χ2v) is 14.1. The van der Waals surface area contributed by atoms with Crippen LogP contribution in [0.5, 0.6) is 5.75 Å². The topological polar surface area (TPSA) is 121 Å². The molecule has 1 spiro atoms. The van der Waals surface area contributed by atoms with Crippen LogP contribution in [0.2, 0.25) is 0 Å². The Labute approximate surface area is 263 Å². The molecule has 3 aromatic heterocycles. The maximum absolute atomic E-state index is 12.9. The van der Waals surface area contributed by atoms with Gasteiger partial charge in [-0.15, -0.1) is 15.3 Å². The third-order valence-electron chi connectivity index (χ3n) is 10.2. The number of anilines is 3. The first-order chi connectivity index (χ1) is 21.6. The van der Waals surface area contributed by atoms with E-state index in [-0.39, 0.29) is 11.9 Å². The Hall–Kier alpha value is -3.38. The van der Waals surface area contributed by atoms with Crippen molar-refractivity contribution in [3.8, 4) is 5.75 Å². The van der Waals surface area contributed by atoms with Gasteiger partial charge in [0.1, 0.15) is 5.75 Å². The van der Waals surface area contributed by atoms with Gasteiger partial charge in [0.25, 0.3) is 0 Å². The molecule has 1 atom stereocenters. The predicted molar refractivity (Wildman–Crippen MR) is 171 cm³/mol. The zero-order chi connectivity index (χ0) is 29.8. The van der Waals surface area contributed by atoms with Crippen molar-refractivity contribution >= 4 is 33.3 Å². The van der Waals surface area contributed by atoms with E-state index in [0.29, 0.717) is 29.0 Å². The Morgan fingerprint density at radius 3 is 2.55 bits per heavy atom. The minimum Gasteiger partial charge on any atom is -0.488 e. The fraction of sp³-hybridized carbons (Fsp3) is 0.625. The van der Waals surface area contributed by atoms with Crippen LogP contribution in [0.25, 0.3) is 0 Å². The number of hydrogen-bond donors (Lipinski definition) is 2. The number of ether oxygens (including phenoxy) is 1. The summed E-state index contributed by atoms with van der Waals surface area (Å²) >= 11 is 1.40. The zero-order valence-corrected chi connectivity index (χ0v) is 26.2. The van der Waals surface area contributed by atoms with E-state index in [0.717, 1.165) is 87.2 Å². The van der Waals surface area contributed by atoms with Gasteiger partial charge in [-0.3, -0.25) is 14.7 Å². The molecule has 5 heterocycles. The molecule has 7 rings (SSSR count). The quantitative estimate of drug-likeness (QED) is 0.316. The van der Waals surface area contributed by atoms with Crippen LogP contribution < -0.4 is 20.3 Å². The molecule has 0 unspecified atom stereocenters. The van der Waals surface area contributed by atoms with Crippen molar-refractivity contribution in [2.45, 2.75) is 89.3 Å². The van der Waals surface area contributed by atoms with Gasteiger partial charge < -0.3 is 20.3 Å². The summed E-state index contributed by atoms with van der Waals surface area (Å²) in [5.41, 5.74) is 1.51. The third-order valence-corrected chi connectivity index (χ3v) is 11.0. The van der Waals surface area contributed by atoms with E-state index >= 15 is 0 Å². The summed E-state index contributed by atoms with van der Waals surface area (Å²) in [4.78, 5) is 22.3. The number of rotatable bonds is 10. The van der Waals surface area contributed by atoms with E-state index in [4.69, 9.17) is 4.74 Å². The molecule has 0 radical (unpaired) electrons. The number of hydrogen-bond acceptors (Lipinski definition) is 11. The number of amides is 1. The van der Waals surface area contributed by atoms with Gasteiger partial charge in [0.05, 0.1) is 11.8 Å². The van der Waals surface area contributed by atoms with E-state index in [1.165, 1.54) is 43.4 Å². The van der Waals surface area contributed by atoms with E-state index in [1.54, 1.807) is 6.20 Å². The van der Waals surface area contributed by atoms with Crippen LogP contribution in [-0.2, 0) is 11.3 Å². The molecule has 11 nitrogen and oxygen atoms in total. The normalized spacial score (nSPS) is 22.5. The second kappa shape index (κ2) is 13.3. The minimum atomic E-state index is 0.0495. The lowest BCUT2D eigenvalue weighted by Gasteiger charge is -2.46. The Kier molecular flexibility index (Phi) is 8.88. The molecule has 1 amide bonds. The summed E-state index contributed by atoms with van der Waals surface area (Å²) in [5.74, 6) is 2.35. The monoisotopic (exact) mass is 617 g/mol.